The maximum absolute atomic E-state index is 8.41. The number of aryl methyl sites for hydroxylation is 3. The zero-order valence-corrected chi connectivity index (χ0v) is 36.4. The molecule has 8 rings (SSSR count). The third-order valence-electron chi connectivity index (χ3n) is 9.51. The topological polar surface area (TPSA) is 51.8 Å². The fraction of sp³-hybridized carbons (Fsp3) is 0.264. The molecule has 0 N–H and O–H groups in total. The summed E-state index contributed by atoms with van der Waals surface area (Å²) in [5.41, 5.74) is 11.3. The van der Waals surface area contributed by atoms with Crippen LogP contribution in [0.1, 0.15) is 91.6 Å². The first kappa shape index (κ1) is 32.7. The number of pyridine rings is 3. The number of nitrogens with zero attached hydrogens (tertiary/aromatic N) is 3. The summed E-state index contributed by atoms with van der Waals surface area (Å²) in [6.07, 6.45) is 4.01. The van der Waals surface area contributed by atoms with E-state index < -0.39 is 25.5 Å². The molecule has 1 radical (unpaired) electrons. The van der Waals surface area contributed by atoms with Gasteiger partial charge in [-0.2, -0.15) is 0 Å². The molecule has 5 heteroatoms. The van der Waals surface area contributed by atoms with E-state index in [1.807, 2.05) is 75.5 Å². The van der Waals surface area contributed by atoms with Crippen molar-refractivity contribution in [3.05, 3.63) is 173 Å². The van der Waals surface area contributed by atoms with E-state index in [9.17, 15) is 0 Å². The molecule has 4 aromatic heterocycles. The number of hydrogen-bond donors (Lipinski definition) is 0. The summed E-state index contributed by atoms with van der Waals surface area (Å²) in [6, 6.07) is 40.4. The SMILES string of the molecule is [2H]C([2H])([2H])c1c[c-]c(-c2cc(-c3ccc(C([2H])([2H])C(C)(C)C)cc3)ccn2)cc1.[2H]C([2H])([2H])c1ccc2c(n1)oc1c(-c3cc(Cc4ccc(CC(C)(C)C)cc4)c(C)cn3)[c-]ccc12.[Ir]. The molecule has 4 heterocycles. The zero-order valence-electron chi connectivity index (χ0n) is 42.0. The predicted molar refractivity (Wildman–Crippen MR) is 237 cm³/mol. The van der Waals surface area contributed by atoms with Crippen LogP contribution in [-0.2, 0) is 39.3 Å². The normalized spacial score (nSPS) is 14.3. The Morgan fingerprint density at radius 3 is 2.16 bits per heavy atom. The Morgan fingerprint density at radius 1 is 0.707 bits per heavy atom. The fourth-order valence-corrected chi connectivity index (χ4v) is 6.83. The van der Waals surface area contributed by atoms with E-state index in [2.05, 4.69) is 85.1 Å². The third-order valence-corrected chi connectivity index (χ3v) is 9.51. The minimum atomic E-state index is -2.29. The number of aromatic nitrogens is 3. The number of benzene rings is 4. The number of fused-ring (bicyclic) bond motifs is 3. The maximum atomic E-state index is 8.41. The van der Waals surface area contributed by atoms with Gasteiger partial charge in [0.1, 0.15) is 0 Å². The molecule has 0 saturated heterocycles. The summed E-state index contributed by atoms with van der Waals surface area (Å²) in [6.45, 7) is 10.1. The molecule has 0 saturated carbocycles. The van der Waals surface area contributed by atoms with E-state index in [-0.39, 0.29) is 36.8 Å². The molecule has 8 aromatic rings. The van der Waals surface area contributed by atoms with Gasteiger partial charge in [0.05, 0.1) is 5.58 Å². The van der Waals surface area contributed by atoms with E-state index in [0.717, 1.165) is 57.1 Å². The van der Waals surface area contributed by atoms with Crippen LogP contribution < -0.4 is 0 Å². The predicted octanol–water partition coefficient (Wildman–Crippen LogP) is 13.7. The van der Waals surface area contributed by atoms with Gasteiger partial charge in [0.15, 0.2) is 0 Å². The van der Waals surface area contributed by atoms with Crippen molar-refractivity contribution in [3.63, 3.8) is 0 Å². The van der Waals surface area contributed by atoms with Crippen molar-refractivity contribution in [1.82, 2.24) is 15.0 Å². The van der Waals surface area contributed by atoms with Gasteiger partial charge >= 0.3 is 0 Å². The van der Waals surface area contributed by atoms with Gasteiger partial charge in [0, 0.05) is 54.5 Å². The molecule has 4 aromatic carbocycles. The van der Waals surface area contributed by atoms with Crippen LogP contribution in [0.2, 0.25) is 0 Å². The van der Waals surface area contributed by atoms with Crippen LogP contribution in [0.5, 0.6) is 0 Å². The molecule has 58 heavy (non-hydrogen) atoms. The van der Waals surface area contributed by atoms with Gasteiger partial charge in [-0.3, -0.25) is 0 Å². The van der Waals surface area contributed by atoms with Crippen LogP contribution >= 0.6 is 0 Å². The second-order valence-corrected chi connectivity index (χ2v) is 16.8. The minimum absolute atomic E-state index is 0. The van der Waals surface area contributed by atoms with Crippen molar-refractivity contribution >= 4 is 22.1 Å². The summed E-state index contributed by atoms with van der Waals surface area (Å²) >= 11 is 0. The monoisotopic (exact) mass is 948 g/mol. The van der Waals surface area contributed by atoms with E-state index >= 15 is 0 Å². The van der Waals surface area contributed by atoms with E-state index in [0.29, 0.717) is 22.6 Å². The molecule has 0 aliphatic rings. The smallest absolute Gasteiger partial charge is 0.216 e. The molecule has 297 valence electrons. The number of hydrogen-bond acceptors (Lipinski definition) is 4. The first-order valence-electron chi connectivity index (χ1n) is 23.3. The van der Waals surface area contributed by atoms with Crippen molar-refractivity contribution in [1.29, 1.82) is 0 Å². The van der Waals surface area contributed by atoms with Crippen LogP contribution in [0.3, 0.4) is 0 Å². The Hall–Kier alpha value is -5.22. The summed E-state index contributed by atoms with van der Waals surface area (Å²) in [5, 5.41) is 1.64. The second kappa shape index (κ2) is 17.7. The summed E-state index contributed by atoms with van der Waals surface area (Å²) in [4.78, 5) is 13.3. The van der Waals surface area contributed by atoms with Crippen molar-refractivity contribution in [2.75, 3.05) is 0 Å². The molecule has 0 fully saturated rings. The molecule has 4 nitrogen and oxygen atoms in total. The molecule has 0 aliphatic carbocycles. The van der Waals surface area contributed by atoms with Crippen LogP contribution in [-0.4, -0.2) is 15.0 Å². The van der Waals surface area contributed by atoms with E-state index in [1.54, 1.807) is 24.4 Å². The zero-order chi connectivity index (χ0) is 47.1. The Morgan fingerprint density at radius 2 is 1.47 bits per heavy atom. The number of furan rings is 1. The Balaban J connectivity index is 0.000000220. The minimum Gasteiger partial charge on any atom is -0.486 e. The van der Waals surface area contributed by atoms with Gasteiger partial charge in [-0.25, -0.2) is 4.98 Å². The summed E-state index contributed by atoms with van der Waals surface area (Å²) in [7, 11) is 0. The van der Waals surface area contributed by atoms with E-state index in [1.165, 1.54) is 28.8 Å². The van der Waals surface area contributed by atoms with Crippen LogP contribution in [0.25, 0.3) is 55.7 Å². The first-order chi connectivity index (χ1) is 30.4. The molecular formula is C53H53IrN3O-2. The molecule has 0 amide bonds. The van der Waals surface area contributed by atoms with Crippen molar-refractivity contribution < 1.29 is 35.5 Å². The van der Waals surface area contributed by atoms with Crippen LogP contribution in [0.4, 0.5) is 0 Å². The molecular weight excluding hydrogens is 887 g/mol. The average Bonchev–Trinajstić information content (AvgIpc) is 3.62. The number of rotatable bonds is 7. The molecule has 0 aliphatic heterocycles. The van der Waals surface area contributed by atoms with E-state index in [4.69, 9.17) is 15.4 Å². The van der Waals surface area contributed by atoms with Crippen molar-refractivity contribution in [2.45, 2.75) is 81.4 Å². The Labute approximate surface area is 369 Å². The first-order valence-corrected chi connectivity index (χ1v) is 19.3. The van der Waals surface area contributed by atoms with Gasteiger partial charge in [-0.05, 0) is 112 Å². The molecule has 0 spiro atoms. The molecule has 0 bridgehead atoms. The summed E-state index contributed by atoms with van der Waals surface area (Å²) < 4.78 is 68.3. The average molecular weight is 948 g/mol. The third kappa shape index (κ3) is 10.6. The van der Waals surface area contributed by atoms with Gasteiger partial charge < -0.3 is 14.4 Å². The van der Waals surface area contributed by atoms with Crippen LogP contribution in [0, 0.1) is 43.6 Å². The van der Waals surface area contributed by atoms with Gasteiger partial charge in [-0.15, -0.1) is 53.6 Å². The van der Waals surface area contributed by atoms with Crippen molar-refractivity contribution in [3.8, 4) is 33.6 Å². The standard InChI is InChI=1S/C30H29N2O.C23H24N.Ir/c1-19-18-31-27(16-23(19)15-21-10-12-22(13-11-21)17-30(3,4)5)26-8-6-7-24-25-14-9-20(2)32-29(25)33-28(24)26;1-17-5-9-20(10-6-17)22-15-21(13-14-24-22)19-11-7-18(8-12-19)16-23(2,3)4;/h6-7,9-14,16,18H,15,17H2,1-5H3;5-9,11-15H,16H2,1-4H3;/q2*-1;/i2D3;1D3,16D2;. The second-order valence-electron chi connectivity index (χ2n) is 16.8. The molecule has 0 atom stereocenters. The fourth-order valence-electron chi connectivity index (χ4n) is 6.83. The Kier molecular flexibility index (Phi) is 10.00. The summed E-state index contributed by atoms with van der Waals surface area (Å²) in [5.74, 6) is 0. The maximum Gasteiger partial charge on any atom is 0.216 e. The van der Waals surface area contributed by atoms with Gasteiger partial charge in [0.2, 0.25) is 5.71 Å². The van der Waals surface area contributed by atoms with Gasteiger partial charge in [-0.1, -0.05) is 120 Å². The van der Waals surface area contributed by atoms with Crippen molar-refractivity contribution in [2.24, 2.45) is 10.8 Å². The Bertz CT molecular complexity index is 2940. The largest absolute Gasteiger partial charge is 0.486 e. The molecule has 0 unspecified atom stereocenters. The van der Waals surface area contributed by atoms with Crippen LogP contribution in [0.15, 0.2) is 126 Å². The quantitative estimate of drug-likeness (QED) is 0.149. The van der Waals surface area contributed by atoms with Gasteiger partial charge in [0.25, 0.3) is 0 Å².